The van der Waals surface area contributed by atoms with Crippen LogP contribution in [0.25, 0.3) is 0 Å². The number of rotatable bonds is 5. The van der Waals surface area contributed by atoms with Crippen LogP contribution in [-0.2, 0) is 0 Å². The summed E-state index contributed by atoms with van der Waals surface area (Å²) in [6.07, 6.45) is 7.56. The number of hydrogen-bond donors (Lipinski definition) is 2. The molecule has 0 unspecified atom stereocenters. The standard InChI is InChI=1S/C13H14N4O4/c18-11(9-4-20-7-15-9)14-6-13(2-1-3-13)17-12(19)10-5-21-8-16-10/h4-5,7-8H,1-3,6H2,(H,14,18)(H,17,19). The topological polar surface area (TPSA) is 110 Å². The molecule has 21 heavy (non-hydrogen) atoms. The van der Waals surface area contributed by atoms with E-state index >= 15 is 0 Å². The van der Waals surface area contributed by atoms with Gasteiger partial charge in [-0.2, -0.15) is 0 Å². The van der Waals surface area contributed by atoms with Gasteiger partial charge in [0.25, 0.3) is 11.8 Å². The lowest BCUT2D eigenvalue weighted by atomic mass is 9.76. The van der Waals surface area contributed by atoms with E-state index in [1.165, 1.54) is 25.3 Å². The quantitative estimate of drug-likeness (QED) is 0.840. The summed E-state index contributed by atoms with van der Waals surface area (Å²) in [6.45, 7) is 0.336. The van der Waals surface area contributed by atoms with Gasteiger partial charge in [-0.3, -0.25) is 9.59 Å². The predicted molar refractivity (Wildman–Crippen MR) is 69.4 cm³/mol. The van der Waals surface area contributed by atoms with Gasteiger partial charge in [0.1, 0.15) is 12.5 Å². The molecule has 2 N–H and O–H groups in total. The number of nitrogens with one attached hydrogen (secondary N) is 2. The molecule has 1 aliphatic rings. The van der Waals surface area contributed by atoms with Crippen molar-refractivity contribution in [3.8, 4) is 0 Å². The Morgan fingerprint density at radius 1 is 1.10 bits per heavy atom. The van der Waals surface area contributed by atoms with Crippen LogP contribution in [0.1, 0.15) is 40.2 Å². The van der Waals surface area contributed by atoms with E-state index in [9.17, 15) is 9.59 Å². The zero-order valence-corrected chi connectivity index (χ0v) is 11.2. The fourth-order valence-corrected chi connectivity index (χ4v) is 2.24. The first-order valence-corrected chi connectivity index (χ1v) is 6.56. The minimum atomic E-state index is -0.435. The molecule has 1 aliphatic carbocycles. The SMILES string of the molecule is O=C(NCC1(NC(=O)c2cocn2)CCC1)c1cocn1. The second-order valence-corrected chi connectivity index (χ2v) is 5.02. The zero-order chi connectivity index (χ0) is 14.7. The fraction of sp³-hybridized carbons (Fsp3) is 0.385. The number of amides is 2. The van der Waals surface area contributed by atoms with E-state index in [-0.39, 0.29) is 23.2 Å². The highest BCUT2D eigenvalue weighted by Gasteiger charge is 2.39. The van der Waals surface area contributed by atoms with Crippen LogP contribution in [0.3, 0.4) is 0 Å². The summed E-state index contributed by atoms with van der Waals surface area (Å²) < 4.78 is 9.55. The molecule has 0 spiro atoms. The minimum Gasteiger partial charge on any atom is -0.451 e. The molecule has 8 nitrogen and oxygen atoms in total. The molecule has 1 fully saturated rings. The Hall–Kier alpha value is -2.64. The van der Waals surface area contributed by atoms with Crippen LogP contribution in [0.15, 0.2) is 34.1 Å². The smallest absolute Gasteiger partial charge is 0.273 e. The zero-order valence-electron chi connectivity index (χ0n) is 11.2. The first-order valence-electron chi connectivity index (χ1n) is 6.56. The third-order valence-corrected chi connectivity index (χ3v) is 3.61. The first kappa shape index (κ1) is 13.3. The number of carbonyl (C=O) groups excluding carboxylic acids is 2. The van der Waals surface area contributed by atoms with E-state index < -0.39 is 5.54 Å². The lowest BCUT2D eigenvalue weighted by Crippen LogP contribution is -2.59. The van der Waals surface area contributed by atoms with Crippen molar-refractivity contribution in [3.05, 3.63) is 36.7 Å². The Morgan fingerprint density at radius 3 is 2.19 bits per heavy atom. The molecule has 0 atom stereocenters. The van der Waals surface area contributed by atoms with Gasteiger partial charge in [-0.05, 0) is 19.3 Å². The van der Waals surface area contributed by atoms with Gasteiger partial charge < -0.3 is 19.5 Å². The molecule has 3 rings (SSSR count). The van der Waals surface area contributed by atoms with Crippen molar-refractivity contribution in [1.29, 1.82) is 0 Å². The minimum absolute atomic E-state index is 0.215. The average Bonchev–Trinajstić information content (AvgIpc) is 3.13. The second-order valence-electron chi connectivity index (χ2n) is 5.02. The van der Waals surface area contributed by atoms with Crippen LogP contribution in [0.4, 0.5) is 0 Å². The summed E-state index contributed by atoms with van der Waals surface area (Å²) in [5, 5.41) is 5.67. The maximum atomic E-state index is 12.0. The number of carbonyl (C=O) groups is 2. The van der Waals surface area contributed by atoms with Crippen LogP contribution in [0.2, 0.25) is 0 Å². The van der Waals surface area contributed by atoms with Crippen LogP contribution < -0.4 is 10.6 Å². The predicted octanol–water partition coefficient (Wildman–Crippen LogP) is 0.745. The fourth-order valence-electron chi connectivity index (χ4n) is 2.24. The number of nitrogens with zero attached hydrogens (tertiary/aromatic N) is 2. The average molecular weight is 290 g/mol. The molecule has 110 valence electrons. The van der Waals surface area contributed by atoms with E-state index in [0.29, 0.717) is 6.54 Å². The van der Waals surface area contributed by atoms with Crippen LogP contribution in [-0.4, -0.2) is 33.9 Å². The summed E-state index contributed by atoms with van der Waals surface area (Å²) in [4.78, 5) is 31.4. The molecule has 0 bridgehead atoms. The molecular weight excluding hydrogens is 276 g/mol. The molecule has 2 heterocycles. The third kappa shape index (κ3) is 2.78. The van der Waals surface area contributed by atoms with Gasteiger partial charge in [0.2, 0.25) is 0 Å². The summed E-state index contributed by atoms with van der Waals surface area (Å²) >= 11 is 0. The summed E-state index contributed by atoms with van der Waals surface area (Å²) in [6, 6.07) is 0. The molecular formula is C13H14N4O4. The maximum Gasteiger partial charge on any atom is 0.273 e. The highest BCUT2D eigenvalue weighted by molar-refractivity contribution is 5.93. The van der Waals surface area contributed by atoms with Crippen molar-refractivity contribution in [2.75, 3.05) is 6.54 Å². The van der Waals surface area contributed by atoms with Crippen molar-refractivity contribution < 1.29 is 18.4 Å². The van der Waals surface area contributed by atoms with Gasteiger partial charge in [0, 0.05) is 6.54 Å². The van der Waals surface area contributed by atoms with E-state index in [2.05, 4.69) is 20.6 Å². The molecule has 0 aliphatic heterocycles. The third-order valence-electron chi connectivity index (χ3n) is 3.61. The maximum absolute atomic E-state index is 12.0. The van der Waals surface area contributed by atoms with Crippen LogP contribution >= 0.6 is 0 Å². The summed E-state index contributed by atoms with van der Waals surface area (Å²) in [5.41, 5.74) is 0.00602. The van der Waals surface area contributed by atoms with Crippen molar-refractivity contribution in [3.63, 3.8) is 0 Å². The van der Waals surface area contributed by atoms with Gasteiger partial charge in [-0.25, -0.2) is 9.97 Å². The Bertz CT molecular complexity index is 617. The molecule has 2 aromatic rings. The van der Waals surface area contributed by atoms with E-state index in [1.54, 1.807) is 0 Å². The van der Waals surface area contributed by atoms with Gasteiger partial charge in [0.15, 0.2) is 24.2 Å². The molecule has 0 saturated heterocycles. The van der Waals surface area contributed by atoms with E-state index in [4.69, 9.17) is 8.83 Å². The lowest BCUT2D eigenvalue weighted by Gasteiger charge is -2.42. The molecule has 2 amide bonds. The van der Waals surface area contributed by atoms with Crippen LogP contribution in [0, 0.1) is 0 Å². The molecule has 0 radical (unpaired) electrons. The van der Waals surface area contributed by atoms with Crippen molar-refractivity contribution in [2.24, 2.45) is 0 Å². The van der Waals surface area contributed by atoms with Gasteiger partial charge in [-0.1, -0.05) is 0 Å². The van der Waals surface area contributed by atoms with Crippen molar-refractivity contribution in [1.82, 2.24) is 20.6 Å². The van der Waals surface area contributed by atoms with E-state index in [0.717, 1.165) is 19.3 Å². The highest BCUT2D eigenvalue weighted by atomic mass is 16.3. The van der Waals surface area contributed by atoms with Crippen LogP contribution in [0.5, 0.6) is 0 Å². The van der Waals surface area contributed by atoms with Crippen molar-refractivity contribution in [2.45, 2.75) is 24.8 Å². The number of hydrogen-bond acceptors (Lipinski definition) is 6. The monoisotopic (exact) mass is 290 g/mol. The Labute approximate surface area is 119 Å². The Kier molecular flexibility index (Phi) is 3.43. The lowest BCUT2D eigenvalue weighted by molar-refractivity contribution is 0.0783. The molecule has 2 aromatic heterocycles. The van der Waals surface area contributed by atoms with Crippen molar-refractivity contribution >= 4 is 11.8 Å². The van der Waals surface area contributed by atoms with Gasteiger partial charge in [0.05, 0.1) is 5.54 Å². The van der Waals surface area contributed by atoms with E-state index in [1.807, 2.05) is 0 Å². The normalized spacial score (nSPS) is 16.0. The summed E-state index contributed by atoms with van der Waals surface area (Å²) in [5.74, 6) is -0.634. The number of aromatic nitrogens is 2. The first-order chi connectivity index (χ1) is 10.2. The molecule has 0 aromatic carbocycles. The highest BCUT2D eigenvalue weighted by Crippen LogP contribution is 2.31. The second kappa shape index (κ2) is 5.39. The largest absolute Gasteiger partial charge is 0.451 e. The molecule has 8 heteroatoms. The Balaban J connectivity index is 1.59. The molecule has 1 saturated carbocycles. The Morgan fingerprint density at radius 2 is 1.71 bits per heavy atom. The van der Waals surface area contributed by atoms with Gasteiger partial charge >= 0.3 is 0 Å². The van der Waals surface area contributed by atoms with Gasteiger partial charge in [-0.15, -0.1) is 0 Å². The summed E-state index contributed by atoms with van der Waals surface area (Å²) in [7, 11) is 0. The number of oxazole rings is 2.